The number of aromatic nitrogens is 2. The third kappa shape index (κ3) is 3.97. The van der Waals surface area contributed by atoms with Gasteiger partial charge in [0, 0.05) is 18.9 Å². The Hall–Kier alpha value is -2.05. The van der Waals surface area contributed by atoms with Gasteiger partial charge in [0.15, 0.2) is 0 Å². The number of H-pyrrole nitrogens is 1. The SMILES string of the molecule is CCC(NC(=O)N(CC(=O)O)CC1CC1)c1ncc[nH]1. The molecular weight excluding hydrogens is 260 g/mol. The van der Waals surface area contributed by atoms with E-state index in [0.29, 0.717) is 24.7 Å². The molecule has 1 heterocycles. The third-order valence-corrected chi connectivity index (χ3v) is 3.34. The predicted octanol–water partition coefficient (Wildman–Crippen LogP) is 1.37. The highest BCUT2D eigenvalue weighted by molar-refractivity contribution is 5.80. The number of imidazole rings is 1. The third-order valence-electron chi connectivity index (χ3n) is 3.34. The molecule has 7 heteroatoms. The summed E-state index contributed by atoms with van der Waals surface area (Å²) in [6.07, 6.45) is 6.15. The lowest BCUT2D eigenvalue weighted by atomic mass is 10.2. The second-order valence-corrected chi connectivity index (χ2v) is 5.10. The molecule has 0 saturated heterocycles. The van der Waals surface area contributed by atoms with Gasteiger partial charge in [-0.1, -0.05) is 6.92 Å². The van der Waals surface area contributed by atoms with Gasteiger partial charge in [-0.25, -0.2) is 9.78 Å². The van der Waals surface area contributed by atoms with Crippen molar-refractivity contribution in [1.82, 2.24) is 20.2 Å². The number of aliphatic carboxylic acids is 1. The first kappa shape index (κ1) is 14.4. The van der Waals surface area contributed by atoms with Gasteiger partial charge >= 0.3 is 12.0 Å². The molecule has 0 bridgehead atoms. The molecule has 20 heavy (non-hydrogen) atoms. The van der Waals surface area contributed by atoms with E-state index in [2.05, 4.69) is 15.3 Å². The number of nitrogens with zero attached hydrogens (tertiary/aromatic N) is 2. The van der Waals surface area contributed by atoms with Crippen molar-refractivity contribution in [2.24, 2.45) is 5.92 Å². The van der Waals surface area contributed by atoms with E-state index >= 15 is 0 Å². The molecule has 1 atom stereocenters. The standard InChI is InChI=1S/C13H20N4O3/c1-2-10(12-14-5-6-15-12)16-13(20)17(8-11(18)19)7-9-3-4-9/h5-6,9-10H,2-4,7-8H2,1H3,(H,14,15)(H,16,20)(H,18,19). The van der Waals surface area contributed by atoms with Crippen molar-refractivity contribution < 1.29 is 14.7 Å². The summed E-state index contributed by atoms with van der Waals surface area (Å²) in [6.45, 7) is 2.18. The van der Waals surface area contributed by atoms with Crippen LogP contribution >= 0.6 is 0 Å². The Kier molecular flexibility index (Phi) is 4.60. The number of carbonyl (C=O) groups excluding carboxylic acids is 1. The Morgan fingerprint density at radius 2 is 2.35 bits per heavy atom. The van der Waals surface area contributed by atoms with Crippen LogP contribution < -0.4 is 5.32 Å². The maximum absolute atomic E-state index is 12.2. The number of aromatic amines is 1. The van der Waals surface area contributed by atoms with E-state index in [1.54, 1.807) is 12.4 Å². The normalized spacial score (nSPS) is 15.7. The van der Waals surface area contributed by atoms with Gasteiger partial charge in [-0.15, -0.1) is 0 Å². The quantitative estimate of drug-likeness (QED) is 0.702. The molecule has 1 aromatic heterocycles. The van der Waals surface area contributed by atoms with Crippen LogP contribution in [0.1, 0.15) is 38.1 Å². The largest absolute Gasteiger partial charge is 0.480 e. The van der Waals surface area contributed by atoms with E-state index in [0.717, 1.165) is 12.8 Å². The van der Waals surface area contributed by atoms with Crippen molar-refractivity contribution in [3.05, 3.63) is 18.2 Å². The molecule has 1 aliphatic rings. The van der Waals surface area contributed by atoms with Crippen molar-refractivity contribution in [2.45, 2.75) is 32.2 Å². The lowest BCUT2D eigenvalue weighted by Gasteiger charge is -2.24. The molecule has 0 radical (unpaired) electrons. The van der Waals surface area contributed by atoms with Gasteiger partial charge in [0.25, 0.3) is 0 Å². The predicted molar refractivity (Wildman–Crippen MR) is 72.1 cm³/mol. The van der Waals surface area contributed by atoms with E-state index < -0.39 is 5.97 Å². The number of carboxylic acid groups (broad SMARTS) is 1. The average molecular weight is 280 g/mol. The van der Waals surface area contributed by atoms with Crippen LogP contribution in [0.4, 0.5) is 4.79 Å². The second kappa shape index (κ2) is 6.40. The number of hydrogen-bond acceptors (Lipinski definition) is 3. The van der Waals surface area contributed by atoms with Crippen LogP contribution in [-0.4, -0.2) is 45.1 Å². The Morgan fingerprint density at radius 1 is 1.60 bits per heavy atom. The summed E-state index contributed by atoms with van der Waals surface area (Å²) >= 11 is 0. The van der Waals surface area contributed by atoms with Crippen molar-refractivity contribution >= 4 is 12.0 Å². The molecule has 1 aromatic rings. The number of hydrogen-bond donors (Lipinski definition) is 3. The van der Waals surface area contributed by atoms with Gasteiger partial charge in [-0.3, -0.25) is 4.79 Å². The maximum Gasteiger partial charge on any atom is 0.323 e. The van der Waals surface area contributed by atoms with Crippen LogP contribution in [0.15, 0.2) is 12.4 Å². The first-order valence-electron chi connectivity index (χ1n) is 6.86. The molecule has 1 aliphatic carbocycles. The first-order valence-corrected chi connectivity index (χ1v) is 6.86. The Morgan fingerprint density at radius 3 is 2.85 bits per heavy atom. The van der Waals surface area contributed by atoms with E-state index in [-0.39, 0.29) is 18.6 Å². The van der Waals surface area contributed by atoms with Crippen LogP contribution in [0.3, 0.4) is 0 Å². The van der Waals surface area contributed by atoms with Crippen LogP contribution in [0.2, 0.25) is 0 Å². The summed E-state index contributed by atoms with van der Waals surface area (Å²) in [5.41, 5.74) is 0. The Balaban J connectivity index is 1.96. The molecule has 1 saturated carbocycles. The first-order chi connectivity index (χ1) is 9.60. The molecule has 2 amide bonds. The Bertz CT molecular complexity index is 456. The lowest BCUT2D eigenvalue weighted by molar-refractivity contribution is -0.137. The van der Waals surface area contributed by atoms with Crippen LogP contribution in [0.5, 0.6) is 0 Å². The van der Waals surface area contributed by atoms with Crippen molar-refractivity contribution in [1.29, 1.82) is 0 Å². The average Bonchev–Trinajstić information content (AvgIpc) is 3.05. The fourth-order valence-electron chi connectivity index (χ4n) is 2.07. The number of carbonyl (C=O) groups is 2. The molecule has 0 spiro atoms. The summed E-state index contributed by atoms with van der Waals surface area (Å²) in [6, 6.07) is -0.574. The highest BCUT2D eigenvalue weighted by Crippen LogP contribution is 2.29. The van der Waals surface area contributed by atoms with Crippen LogP contribution in [-0.2, 0) is 4.79 Å². The van der Waals surface area contributed by atoms with Gasteiger partial charge in [0.05, 0.1) is 6.04 Å². The Labute approximate surface area is 117 Å². The van der Waals surface area contributed by atoms with Gasteiger partial charge in [0.1, 0.15) is 12.4 Å². The molecule has 110 valence electrons. The number of urea groups is 1. The van der Waals surface area contributed by atoms with Gasteiger partial charge < -0.3 is 20.3 Å². The van der Waals surface area contributed by atoms with E-state index in [1.165, 1.54) is 4.90 Å². The van der Waals surface area contributed by atoms with Gasteiger partial charge in [-0.05, 0) is 25.2 Å². The zero-order valence-electron chi connectivity index (χ0n) is 11.5. The summed E-state index contributed by atoms with van der Waals surface area (Å²) < 4.78 is 0. The second-order valence-electron chi connectivity index (χ2n) is 5.10. The van der Waals surface area contributed by atoms with E-state index in [9.17, 15) is 9.59 Å². The minimum atomic E-state index is -0.994. The zero-order chi connectivity index (χ0) is 14.5. The number of rotatable bonds is 7. The maximum atomic E-state index is 12.2. The molecule has 1 unspecified atom stereocenters. The zero-order valence-corrected chi connectivity index (χ0v) is 11.5. The number of amides is 2. The van der Waals surface area contributed by atoms with Gasteiger partial charge in [0.2, 0.25) is 0 Å². The van der Waals surface area contributed by atoms with Crippen LogP contribution in [0.25, 0.3) is 0 Å². The van der Waals surface area contributed by atoms with Crippen molar-refractivity contribution in [3.63, 3.8) is 0 Å². The topological polar surface area (TPSA) is 98.3 Å². The molecule has 2 rings (SSSR count). The lowest BCUT2D eigenvalue weighted by Crippen LogP contribution is -2.45. The summed E-state index contributed by atoms with van der Waals surface area (Å²) in [4.78, 5) is 31.5. The molecule has 1 fully saturated rings. The molecule has 3 N–H and O–H groups in total. The number of carboxylic acids is 1. The minimum Gasteiger partial charge on any atom is -0.480 e. The number of nitrogens with one attached hydrogen (secondary N) is 2. The summed E-state index contributed by atoms with van der Waals surface area (Å²) in [5, 5.41) is 11.7. The summed E-state index contributed by atoms with van der Waals surface area (Å²) in [5.74, 6) is 0.137. The summed E-state index contributed by atoms with van der Waals surface area (Å²) in [7, 11) is 0. The minimum absolute atomic E-state index is 0.229. The monoisotopic (exact) mass is 280 g/mol. The van der Waals surface area contributed by atoms with E-state index in [4.69, 9.17) is 5.11 Å². The smallest absolute Gasteiger partial charge is 0.323 e. The van der Waals surface area contributed by atoms with Crippen molar-refractivity contribution in [3.8, 4) is 0 Å². The molecule has 0 aliphatic heterocycles. The highest BCUT2D eigenvalue weighted by atomic mass is 16.4. The van der Waals surface area contributed by atoms with Crippen LogP contribution in [0, 0.1) is 5.92 Å². The highest BCUT2D eigenvalue weighted by Gasteiger charge is 2.29. The van der Waals surface area contributed by atoms with E-state index in [1.807, 2.05) is 6.92 Å². The molecular formula is C13H20N4O3. The fourth-order valence-corrected chi connectivity index (χ4v) is 2.07. The fraction of sp³-hybridized carbons (Fsp3) is 0.615. The molecule has 7 nitrogen and oxygen atoms in total. The van der Waals surface area contributed by atoms with Crippen molar-refractivity contribution in [2.75, 3.05) is 13.1 Å². The van der Waals surface area contributed by atoms with Gasteiger partial charge in [-0.2, -0.15) is 0 Å². The molecule has 0 aromatic carbocycles.